The molecule has 0 radical (unpaired) electrons. The summed E-state index contributed by atoms with van der Waals surface area (Å²) in [6, 6.07) is 10.9. The van der Waals surface area contributed by atoms with Crippen LogP contribution in [0.3, 0.4) is 0 Å². The summed E-state index contributed by atoms with van der Waals surface area (Å²) in [5, 5.41) is 7.82. The first-order valence-electron chi connectivity index (χ1n) is 7.85. The number of hydrogen-bond acceptors (Lipinski definition) is 3. The van der Waals surface area contributed by atoms with E-state index in [0.717, 1.165) is 5.56 Å². The lowest BCUT2D eigenvalue weighted by atomic mass is 10.2. The zero-order valence-corrected chi connectivity index (χ0v) is 17.1. The molecule has 0 aliphatic carbocycles. The van der Waals surface area contributed by atoms with E-state index in [1.165, 1.54) is 18.2 Å². The average molecular weight is 491 g/mol. The van der Waals surface area contributed by atoms with Gasteiger partial charge in [0.2, 0.25) is 0 Å². The van der Waals surface area contributed by atoms with Crippen LogP contribution in [0.2, 0.25) is 10.0 Å². The highest BCUT2D eigenvalue weighted by Gasteiger charge is 2.17. The molecule has 146 valence electrons. The quantitative estimate of drug-likeness (QED) is 0.471. The van der Waals surface area contributed by atoms with E-state index in [1.807, 2.05) is 0 Å². The van der Waals surface area contributed by atoms with Gasteiger partial charge in [-0.05, 0) is 35.9 Å². The zero-order chi connectivity index (χ0) is 20.3. The van der Waals surface area contributed by atoms with E-state index in [0.29, 0.717) is 21.1 Å². The van der Waals surface area contributed by atoms with Crippen molar-refractivity contribution in [2.45, 2.75) is 13.2 Å². The smallest absolute Gasteiger partial charge is 0.387 e. The van der Waals surface area contributed by atoms with Gasteiger partial charge in [-0.3, -0.25) is 9.48 Å². The van der Waals surface area contributed by atoms with Gasteiger partial charge in [-0.25, -0.2) is 0 Å². The molecule has 0 bridgehead atoms. The van der Waals surface area contributed by atoms with Gasteiger partial charge >= 0.3 is 6.61 Å². The minimum absolute atomic E-state index is 0.0510. The van der Waals surface area contributed by atoms with Crippen molar-refractivity contribution in [3.63, 3.8) is 0 Å². The second-order valence-corrected chi connectivity index (χ2v) is 7.37. The van der Waals surface area contributed by atoms with Crippen molar-refractivity contribution in [3.05, 3.63) is 74.3 Å². The van der Waals surface area contributed by atoms with Gasteiger partial charge in [0.05, 0.1) is 12.1 Å². The number of aromatic nitrogens is 2. The number of benzene rings is 2. The van der Waals surface area contributed by atoms with Crippen LogP contribution < -0.4 is 10.1 Å². The molecule has 2 aromatic carbocycles. The molecule has 0 aliphatic heterocycles. The van der Waals surface area contributed by atoms with Crippen LogP contribution in [-0.4, -0.2) is 22.3 Å². The average Bonchev–Trinajstić information content (AvgIpc) is 3.05. The molecule has 10 heteroatoms. The molecule has 0 aliphatic rings. The highest BCUT2D eigenvalue weighted by Crippen LogP contribution is 2.26. The van der Waals surface area contributed by atoms with Gasteiger partial charge in [0.1, 0.15) is 5.75 Å². The Balaban J connectivity index is 1.75. The fourth-order valence-corrected chi connectivity index (χ4v) is 3.23. The van der Waals surface area contributed by atoms with E-state index < -0.39 is 12.5 Å². The SMILES string of the molecule is O=C(Nc1ccn(Cc2ccc(Cl)cc2Cl)n1)c1cc(Br)ccc1OC(F)F. The number of nitrogens with zero attached hydrogens (tertiary/aromatic N) is 2. The highest BCUT2D eigenvalue weighted by atomic mass is 79.9. The molecular weight excluding hydrogens is 479 g/mol. The molecular formula is C18H12BrCl2F2N3O2. The largest absolute Gasteiger partial charge is 0.434 e. The molecule has 0 saturated heterocycles. The molecule has 0 spiro atoms. The zero-order valence-electron chi connectivity index (χ0n) is 14.0. The van der Waals surface area contributed by atoms with Crippen LogP contribution in [0.1, 0.15) is 15.9 Å². The number of anilines is 1. The maximum Gasteiger partial charge on any atom is 0.387 e. The fourth-order valence-electron chi connectivity index (χ4n) is 2.40. The van der Waals surface area contributed by atoms with Crippen LogP contribution in [0.25, 0.3) is 0 Å². The maximum absolute atomic E-state index is 12.6. The van der Waals surface area contributed by atoms with Gasteiger partial charge in [0, 0.05) is 26.8 Å². The van der Waals surface area contributed by atoms with Crippen molar-refractivity contribution < 1.29 is 18.3 Å². The second-order valence-electron chi connectivity index (χ2n) is 5.61. The third kappa shape index (κ3) is 5.21. The van der Waals surface area contributed by atoms with E-state index in [2.05, 4.69) is 31.1 Å². The van der Waals surface area contributed by atoms with Gasteiger partial charge in [-0.15, -0.1) is 0 Å². The maximum atomic E-state index is 12.6. The van der Waals surface area contributed by atoms with E-state index >= 15 is 0 Å². The van der Waals surface area contributed by atoms with Crippen LogP contribution in [0, 0.1) is 0 Å². The summed E-state index contributed by atoms with van der Waals surface area (Å²) in [4.78, 5) is 12.5. The molecule has 5 nitrogen and oxygen atoms in total. The van der Waals surface area contributed by atoms with Gasteiger partial charge in [-0.2, -0.15) is 13.9 Å². The fraction of sp³-hybridized carbons (Fsp3) is 0.111. The molecule has 1 amide bonds. The lowest BCUT2D eigenvalue weighted by Crippen LogP contribution is -2.15. The summed E-state index contributed by atoms with van der Waals surface area (Å²) in [5.41, 5.74) is 0.747. The number of alkyl halides is 2. The lowest BCUT2D eigenvalue weighted by Gasteiger charge is -2.10. The third-order valence-electron chi connectivity index (χ3n) is 3.63. The van der Waals surface area contributed by atoms with Crippen molar-refractivity contribution in [1.82, 2.24) is 9.78 Å². The Hall–Kier alpha value is -2.16. The number of nitrogens with one attached hydrogen (secondary N) is 1. The molecule has 3 aromatic rings. The molecule has 1 heterocycles. The van der Waals surface area contributed by atoms with Crippen LogP contribution in [0.4, 0.5) is 14.6 Å². The van der Waals surface area contributed by atoms with Crippen LogP contribution >= 0.6 is 39.1 Å². The summed E-state index contributed by atoms with van der Waals surface area (Å²) in [6.45, 7) is -2.68. The molecule has 0 atom stereocenters. The Morgan fingerprint density at radius 2 is 2.00 bits per heavy atom. The minimum Gasteiger partial charge on any atom is -0.434 e. The van der Waals surface area contributed by atoms with Crippen LogP contribution in [-0.2, 0) is 6.54 Å². The van der Waals surface area contributed by atoms with E-state index in [1.54, 1.807) is 35.1 Å². The van der Waals surface area contributed by atoms with E-state index in [4.69, 9.17) is 23.2 Å². The molecule has 3 rings (SSSR count). The van der Waals surface area contributed by atoms with Crippen LogP contribution in [0.15, 0.2) is 53.1 Å². The number of carbonyl (C=O) groups excluding carboxylic acids is 1. The van der Waals surface area contributed by atoms with Gasteiger partial charge < -0.3 is 10.1 Å². The lowest BCUT2D eigenvalue weighted by molar-refractivity contribution is -0.0501. The molecule has 0 saturated carbocycles. The number of carbonyl (C=O) groups is 1. The first-order valence-corrected chi connectivity index (χ1v) is 9.40. The Bertz CT molecular complexity index is 1010. The van der Waals surface area contributed by atoms with Gasteiger partial charge in [0.15, 0.2) is 5.82 Å². The topological polar surface area (TPSA) is 56.2 Å². The van der Waals surface area contributed by atoms with Crippen molar-refractivity contribution in [2.75, 3.05) is 5.32 Å². The summed E-state index contributed by atoms with van der Waals surface area (Å²) in [7, 11) is 0. The van der Waals surface area contributed by atoms with Crippen LogP contribution in [0.5, 0.6) is 5.75 Å². The van der Waals surface area contributed by atoms with Gasteiger partial charge in [-0.1, -0.05) is 45.2 Å². The Labute approximate surface area is 177 Å². The predicted molar refractivity (Wildman–Crippen MR) is 107 cm³/mol. The van der Waals surface area contributed by atoms with Crippen molar-refractivity contribution in [3.8, 4) is 5.75 Å². The predicted octanol–water partition coefficient (Wildman–Crippen LogP) is 5.85. The Morgan fingerprint density at radius 3 is 2.71 bits per heavy atom. The van der Waals surface area contributed by atoms with Gasteiger partial charge in [0.25, 0.3) is 5.91 Å². The summed E-state index contributed by atoms with van der Waals surface area (Å²) < 4.78 is 31.6. The summed E-state index contributed by atoms with van der Waals surface area (Å²) in [6.07, 6.45) is 1.65. The number of ether oxygens (including phenoxy) is 1. The molecule has 0 fully saturated rings. The number of hydrogen-bond donors (Lipinski definition) is 1. The van der Waals surface area contributed by atoms with E-state index in [9.17, 15) is 13.6 Å². The van der Waals surface area contributed by atoms with Crippen molar-refractivity contribution in [1.29, 1.82) is 0 Å². The molecule has 28 heavy (non-hydrogen) atoms. The number of amides is 1. The first-order chi connectivity index (χ1) is 13.3. The Kier molecular flexibility index (Phi) is 6.53. The highest BCUT2D eigenvalue weighted by molar-refractivity contribution is 9.10. The number of halogens is 5. The normalized spacial score (nSPS) is 10.9. The van der Waals surface area contributed by atoms with E-state index in [-0.39, 0.29) is 17.1 Å². The molecule has 1 aromatic heterocycles. The number of rotatable bonds is 6. The Morgan fingerprint density at radius 1 is 1.21 bits per heavy atom. The summed E-state index contributed by atoms with van der Waals surface area (Å²) in [5.74, 6) is -0.618. The molecule has 0 unspecified atom stereocenters. The second kappa shape index (κ2) is 8.89. The summed E-state index contributed by atoms with van der Waals surface area (Å²) >= 11 is 15.2. The minimum atomic E-state index is -3.05. The first kappa shape index (κ1) is 20.6. The molecule has 1 N–H and O–H groups in total. The van der Waals surface area contributed by atoms with Crippen molar-refractivity contribution >= 4 is 50.9 Å². The third-order valence-corrected chi connectivity index (χ3v) is 4.71. The monoisotopic (exact) mass is 489 g/mol. The van der Waals surface area contributed by atoms with Crippen molar-refractivity contribution in [2.24, 2.45) is 0 Å². The standard InChI is InChI=1S/C18H12BrCl2F2N3O2/c19-11-2-4-15(28-18(22)23)13(7-11)17(27)24-16-5-6-26(25-16)9-10-1-3-12(20)8-14(10)21/h1-8,18H,9H2,(H,24,25,27).